The molecule has 5 nitrogen and oxygen atoms in total. The number of carbonyl (C=O) groups is 1. The van der Waals surface area contributed by atoms with E-state index in [4.69, 9.17) is 0 Å². The van der Waals surface area contributed by atoms with Crippen LogP contribution in [-0.4, -0.2) is 34.1 Å². The minimum absolute atomic E-state index is 0.142. The number of carboxylic acid groups (broad SMARTS) is 1. The van der Waals surface area contributed by atoms with E-state index >= 15 is 0 Å². The fraction of sp³-hybridized carbons (Fsp3) is 0.462. The lowest BCUT2D eigenvalue weighted by Crippen LogP contribution is -2.23. The van der Waals surface area contributed by atoms with E-state index in [0.717, 1.165) is 28.1 Å². The number of anilines is 1. The van der Waals surface area contributed by atoms with Gasteiger partial charge in [-0.2, -0.15) is 0 Å². The van der Waals surface area contributed by atoms with Gasteiger partial charge in [0.1, 0.15) is 12.1 Å². The molecule has 2 aromatic heterocycles. The topological polar surface area (TPSA) is 66.3 Å². The first kappa shape index (κ1) is 12.3. The molecule has 0 bridgehead atoms. The molecule has 1 N–H and O–H groups in total. The van der Waals surface area contributed by atoms with Crippen LogP contribution in [0.3, 0.4) is 0 Å². The molecule has 0 amide bonds. The maximum atomic E-state index is 11.2. The summed E-state index contributed by atoms with van der Waals surface area (Å²) in [5, 5.41) is 11.3. The quantitative estimate of drug-likeness (QED) is 0.911. The zero-order valence-corrected chi connectivity index (χ0v) is 11.6. The number of fused-ring (bicyclic) bond motifs is 1. The lowest BCUT2D eigenvalue weighted by molar-refractivity contribution is -0.142. The second-order valence-electron chi connectivity index (χ2n) is 5.12. The van der Waals surface area contributed by atoms with Crippen molar-refractivity contribution >= 4 is 33.3 Å². The highest BCUT2D eigenvalue weighted by atomic mass is 32.1. The highest BCUT2D eigenvalue weighted by Crippen LogP contribution is 2.34. The molecule has 19 heavy (non-hydrogen) atoms. The number of rotatable bonds is 2. The molecule has 6 heteroatoms. The summed E-state index contributed by atoms with van der Waals surface area (Å²) in [6.07, 6.45) is 1.57. The van der Waals surface area contributed by atoms with Crippen molar-refractivity contribution in [2.45, 2.75) is 13.8 Å². The van der Waals surface area contributed by atoms with Gasteiger partial charge in [-0.3, -0.25) is 4.79 Å². The molecule has 2 aromatic rings. The number of aryl methyl sites for hydroxylation is 1. The molecule has 0 aliphatic carbocycles. The Morgan fingerprint density at radius 2 is 2.26 bits per heavy atom. The Morgan fingerprint density at radius 1 is 1.47 bits per heavy atom. The molecule has 2 atom stereocenters. The Morgan fingerprint density at radius 3 is 2.95 bits per heavy atom. The van der Waals surface area contributed by atoms with Crippen molar-refractivity contribution < 1.29 is 9.90 Å². The monoisotopic (exact) mass is 277 g/mol. The van der Waals surface area contributed by atoms with Crippen molar-refractivity contribution in [3.63, 3.8) is 0 Å². The van der Waals surface area contributed by atoms with Crippen LogP contribution in [-0.2, 0) is 4.79 Å². The number of carboxylic acids is 1. The van der Waals surface area contributed by atoms with Gasteiger partial charge in [-0.05, 0) is 23.8 Å². The van der Waals surface area contributed by atoms with Gasteiger partial charge in [0, 0.05) is 13.1 Å². The average Bonchev–Trinajstić information content (AvgIpc) is 2.94. The van der Waals surface area contributed by atoms with Crippen molar-refractivity contribution in [1.82, 2.24) is 9.97 Å². The van der Waals surface area contributed by atoms with E-state index in [2.05, 4.69) is 20.2 Å². The number of thiophene rings is 1. The summed E-state index contributed by atoms with van der Waals surface area (Å²) in [5.74, 6) is -0.0176. The van der Waals surface area contributed by atoms with Crippen LogP contribution in [0.2, 0.25) is 0 Å². The van der Waals surface area contributed by atoms with Crippen molar-refractivity contribution in [3.05, 3.63) is 17.3 Å². The third kappa shape index (κ3) is 1.96. The Labute approximate surface area is 114 Å². The molecule has 1 saturated heterocycles. The second kappa shape index (κ2) is 4.45. The van der Waals surface area contributed by atoms with Gasteiger partial charge < -0.3 is 10.0 Å². The summed E-state index contributed by atoms with van der Waals surface area (Å²) in [7, 11) is 0. The van der Waals surface area contributed by atoms with Crippen LogP contribution >= 0.6 is 11.3 Å². The zero-order chi connectivity index (χ0) is 13.6. The van der Waals surface area contributed by atoms with Gasteiger partial charge >= 0.3 is 5.97 Å². The second-order valence-corrected chi connectivity index (χ2v) is 6.00. The average molecular weight is 277 g/mol. The summed E-state index contributed by atoms with van der Waals surface area (Å²) in [4.78, 5) is 21.9. The fourth-order valence-corrected chi connectivity index (χ4v) is 3.66. The summed E-state index contributed by atoms with van der Waals surface area (Å²) >= 11 is 1.62. The lowest BCUT2D eigenvalue weighted by atomic mass is 9.99. The van der Waals surface area contributed by atoms with Gasteiger partial charge in [-0.25, -0.2) is 9.97 Å². The Bertz CT molecular complexity index is 640. The van der Waals surface area contributed by atoms with Gasteiger partial charge in [-0.15, -0.1) is 11.3 Å². The molecule has 100 valence electrons. The minimum Gasteiger partial charge on any atom is -0.481 e. The molecule has 0 saturated carbocycles. The molecule has 0 unspecified atom stereocenters. The standard InChI is InChI=1S/C13H15N3O2S/c1-7-3-16(4-9(7)13(17)18)12-11-10(14-6-15-12)8(2)5-19-11/h5-7,9H,3-4H2,1-2H3,(H,17,18)/t7-,9-/m1/s1. The molecule has 0 radical (unpaired) electrons. The molecule has 3 heterocycles. The van der Waals surface area contributed by atoms with Crippen molar-refractivity contribution in [3.8, 4) is 0 Å². The molecule has 1 fully saturated rings. The van der Waals surface area contributed by atoms with Gasteiger partial charge in [0.05, 0.1) is 16.1 Å². The number of hydrogen-bond donors (Lipinski definition) is 1. The van der Waals surface area contributed by atoms with Crippen LogP contribution in [0.25, 0.3) is 10.2 Å². The number of aliphatic carboxylic acids is 1. The highest BCUT2D eigenvalue weighted by molar-refractivity contribution is 7.18. The Hall–Kier alpha value is -1.69. The summed E-state index contributed by atoms with van der Waals surface area (Å²) < 4.78 is 1.05. The maximum absolute atomic E-state index is 11.2. The molecular weight excluding hydrogens is 262 g/mol. The Balaban J connectivity index is 2.00. The van der Waals surface area contributed by atoms with E-state index in [1.54, 1.807) is 17.7 Å². The molecule has 0 aromatic carbocycles. The molecule has 1 aliphatic rings. The summed E-state index contributed by atoms with van der Waals surface area (Å²) in [6.45, 7) is 5.28. The third-order valence-corrected chi connectivity index (χ3v) is 4.82. The number of hydrogen-bond acceptors (Lipinski definition) is 5. The molecule has 1 aliphatic heterocycles. The predicted molar refractivity (Wildman–Crippen MR) is 74.7 cm³/mol. The third-order valence-electron chi connectivity index (χ3n) is 3.74. The maximum Gasteiger partial charge on any atom is 0.308 e. The van der Waals surface area contributed by atoms with Gasteiger partial charge in [-0.1, -0.05) is 6.92 Å². The van der Waals surface area contributed by atoms with Gasteiger partial charge in [0.25, 0.3) is 0 Å². The van der Waals surface area contributed by atoms with Crippen LogP contribution in [0.1, 0.15) is 12.5 Å². The summed E-state index contributed by atoms with van der Waals surface area (Å²) in [6, 6.07) is 0. The van der Waals surface area contributed by atoms with Crippen LogP contribution in [0.15, 0.2) is 11.7 Å². The predicted octanol–water partition coefficient (Wildman–Crippen LogP) is 2.16. The van der Waals surface area contributed by atoms with Crippen molar-refractivity contribution in [2.75, 3.05) is 18.0 Å². The van der Waals surface area contributed by atoms with Crippen LogP contribution < -0.4 is 4.90 Å². The number of nitrogens with zero attached hydrogens (tertiary/aromatic N) is 3. The first-order valence-corrected chi connectivity index (χ1v) is 7.12. The largest absolute Gasteiger partial charge is 0.481 e. The Kier molecular flexibility index (Phi) is 2.89. The van der Waals surface area contributed by atoms with E-state index in [0.29, 0.717) is 6.54 Å². The summed E-state index contributed by atoms with van der Waals surface area (Å²) in [5.41, 5.74) is 2.12. The highest BCUT2D eigenvalue weighted by Gasteiger charge is 2.36. The fourth-order valence-electron chi connectivity index (χ4n) is 2.64. The van der Waals surface area contributed by atoms with E-state index in [1.807, 2.05) is 13.8 Å². The van der Waals surface area contributed by atoms with Crippen molar-refractivity contribution in [2.24, 2.45) is 11.8 Å². The van der Waals surface area contributed by atoms with E-state index in [-0.39, 0.29) is 11.8 Å². The van der Waals surface area contributed by atoms with E-state index in [1.165, 1.54) is 0 Å². The lowest BCUT2D eigenvalue weighted by Gasteiger charge is -2.17. The minimum atomic E-state index is -0.720. The van der Waals surface area contributed by atoms with Gasteiger partial charge in [0.15, 0.2) is 0 Å². The van der Waals surface area contributed by atoms with Gasteiger partial charge in [0.2, 0.25) is 0 Å². The van der Waals surface area contributed by atoms with E-state index in [9.17, 15) is 9.90 Å². The number of aromatic nitrogens is 2. The first-order valence-electron chi connectivity index (χ1n) is 6.24. The zero-order valence-electron chi connectivity index (χ0n) is 10.8. The normalized spacial score (nSPS) is 23.2. The van der Waals surface area contributed by atoms with Crippen LogP contribution in [0.4, 0.5) is 5.82 Å². The van der Waals surface area contributed by atoms with Crippen molar-refractivity contribution in [1.29, 1.82) is 0 Å². The van der Waals surface area contributed by atoms with Crippen LogP contribution in [0, 0.1) is 18.8 Å². The van der Waals surface area contributed by atoms with E-state index < -0.39 is 5.97 Å². The molecule has 0 spiro atoms. The smallest absolute Gasteiger partial charge is 0.308 e. The molecular formula is C13H15N3O2S. The first-order chi connectivity index (χ1) is 9.08. The molecule has 3 rings (SSSR count). The SMILES string of the molecule is Cc1csc2c(N3C[C@@H](C)[C@H](C(=O)O)C3)ncnc12. The van der Waals surface area contributed by atoms with Crippen LogP contribution in [0.5, 0.6) is 0 Å².